The van der Waals surface area contributed by atoms with E-state index in [1.165, 1.54) is 17.0 Å². The van der Waals surface area contributed by atoms with Gasteiger partial charge in [0, 0.05) is 23.8 Å². The van der Waals surface area contributed by atoms with Crippen molar-refractivity contribution >= 4 is 44.8 Å². The van der Waals surface area contributed by atoms with Crippen molar-refractivity contribution in [2.45, 2.75) is 44.6 Å². The van der Waals surface area contributed by atoms with Crippen LogP contribution in [0, 0.1) is 0 Å². The number of carbonyl (C=O) groups excluding carboxylic acids is 2. The summed E-state index contributed by atoms with van der Waals surface area (Å²) >= 11 is 6.25. The van der Waals surface area contributed by atoms with Gasteiger partial charge in [-0.1, -0.05) is 30.9 Å². The molecule has 1 saturated carbocycles. The van der Waals surface area contributed by atoms with Crippen LogP contribution in [0.1, 0.15) is 58.4 Å². The smallest absolute Gasteiger partial charge is 0.255 e. The zero-order chi connectivity index (χ0) is 22.9. The number of anilines is 2. The molecule has 0 radical (unpaired) electrons. The third-order valence-electron chi connectivity index (χ3n) is 6.00. The lowest BCUT2D eigenvalue weighted by Gasteiger charge is -2.23. The molecule has 2 aromatic rings. The maximum Gasteiger partial charge on any atom is 0.255 e. The van der Waals surface area contributed by atoms with E-state index in [0.29, 0.717) is 40.5 Å². The number of carbonyl (C=O) groups is 2. The number of benzene rings is 2. The fraction of sp³-hybridized carbons (Fsp3) is 0.391. The Bertz CT molecular complexity index is 1160. The molecule has 32 heavy (non-hydrogen) atoms. The molecular weight excluding hydrogens is 450 g/mol. The summed E-state index contributed by atoms with van der Waals surface area (Å²) < 4.78 is 25.1. The highest BCUT2D eigenvalue weighted by Crippen LogP contribution is 2.31. The van der Waals surface area contributed by atoms with E-state index in [2.05, 4.69) is 10.6 Å². The molecule has 1 heterocycles. The van der Waals surface area contributed by atoms with Gasteiger partial charge in [0.05, 0.1) is 22.5 Å². The largest absolute Gasteiger partial charge is 0.349 e. The summed E-state index contributed by atoms with van der Waals surface area (Å²) in [7, 11) is -3.34. The highest BCUT2D eigenvalue weighted by molar-refractivity contribution is 7.92. The quantitative estimate of drug-likeness (QED) is 0.683. The minimum atomic E-state index is -3.34. The molecule has 0 atom stereocenters. The first-order chi connectivity index (χ1) is 15.2. The topological polar surface area (TPSA) is 95.6 Å². The summed E-state index contributed by atoms with van der Waals surface area (Å²) in [5.74, 6) is -0.581. The number of hydrogen-bond acceptors (Lipinski definition) is 4. The predicted molar refractivity (Wildman–Crippen MR) is 126 cm³/mol. The summed E-state index contributed by atoms with van der Waals surface area (Å²) in [4.78, 5) is 25.5. The van der Waals surface area contributed by atoms with Gasteiger partial charge in [-0.2, -0.15) is 0 Å². The van der Waals surface area contributed by atoms with Crippen LogP contribution in [0.5, 0.6) is 0 Å². The average molecular weight is 476 g/mol. The predicted octanol–water partition coefficient (Wildman–Crippen LogP) is 3.98. The Hall–Kier alpha value is -2.58. The third-order valence-corrected chi connectivity index (χ3v) is 7.51. The highest BCUT2D eigenvalue weighted by atomic mass is 35.5. The number of nitrogens with one attached hydrogen (secondary N) is 2. The first kappa shape index (κ1) is 22.6. The normalized spacial score (nSPS) is 16.5. The lowest BCUT2D eigenvalue weighted by atomic mass is 9.95. The molecule has 2 N–H and O–H groups in total. The molecule has 1 aliphatic heterocycles. The van der Waals surface area contributed by atoms with E-state index in [1.807, 2.05) is 0 Å². The Morgan fingerprint density at radius 2 is 1.78 bits per heavy atom. The van der Waals surface area contributed by atoms with Crippen molar-refractivity contribution in [3.8, 4) is 0 Å². The molecule has 0 bridgehead atoms. The van der Waals surface area contributed by atoms with Gasteiger partial charge >= 0.3 is 0 Å². The van der Waals surface area contributed by atoms with E-state index < -0.39 is 10.0 Å². The molecule has 9 heteroatoms. The maximum atomic E-state index is 12.8. The van der Waals surface area contributed by atoms with Crippen molar-refractivity contribution in [1.29, 1.82) is 0 Å². The number of sulfonamides is 1. The van der Waals surface area contributed by atoms with Gasteiger partial charge in [0.15, 0.2) is 0 Å². The lowest BCUT2D eigenvalue weighted by molar-refractivity contribution is 0.0926. The van der Waals surface area contributed by atoms with Crippen LogP contribution in [0.4, 0.5) is 11.4 Å². The molecular formula is C23H26ClN3O4S. The van der Waals surface area contributed by atoms with Crippen LogP contribution in [-0.4, -0.2) is 39.1 Å². The first-order valence-corrected chi connectivity index (χ1v) is 13.0. The van der Waals surface area contributed by atoms with Crippen molar-refractivity contribution in [3.63, 3.8) is 0 Å². The molecule has 170 valence electrons. The molecule has 4 rings (SSSR count). The molecule has 0 spiro atoms. The first-order valence-electron chi connectivity index (χ1n) is 10.7. The third kappa shape index (κ3) is 4.91. The minimum Gasteiger partial charge on any atom is -0.349 e. The second kappa shape index (κ2) is 9.11. The van der Waals surface area contributed by atoms with Crippen LogP contribution >= 0.6 is 11.6 Å². The number of nitrogens with zero attached hydrogens (tertiary/aromatic N) is 1. The van der Waals surface area contributed by atoms with Gasteiger partial charge in [0.1, 0.15) is 0 Å². The van der Waals surface area contributed by atoms with Crippen LogP contribution in [0.2, 0.25) is 5.02 Å². The van der Waals surface area contributed by atoms with Gasteiger partial charge in [-0.15, -0.1) is 0 Å². The maximum absolute atomic E-state index is 12.8. The number of fused-ring (bicyclic) bond motifs is 1. The van der Waals surface area contributed by atoms with Gasteiger partial charge in [-0.3, -0.25) is 13.9 Å². The zero-order valence-corrected chi connectivity index (χ0v) is 19.4. The van der Waals surface area contributed by atoms with Crippen molar-refractivity contribution in [3.05, 3.63) is 58.1 Å². The van der Waals surface area contributed by atoms with Crippen LogP contribution < -0.4 is 14.9 Å². The fourth-order valence-electron chi connectivity index (χ4n) is 4.35. The van der Waals surface area contributed by atoms with Gasteiger partial charge in [0.25, 0.3) is 11.8 Å². The Balaban J connectivity index is 1.48. The summed E-state index contributed by atoms with van der Waals surface area (Å²) in [6.45, 7) is 0.371. The van der Waals surface area contributed by atoms with Gasteiger partial charge in [-0.05, 0) is 61.2 Å². The van der Waals surface area contributed by atoms with E-state index in [4.69, 9.17) is 11.6 Å². The Morgan fingerprint density at radius 3 is 2.50 bits per heavy atom. The Kier molecular flexibility index (Phi) is 6.44. The van der Waals surface area contributed by atoms with Crippen LogP contribution in [0.15, 0.2) is 36.4 Å². The number of halogens is 1. The lowest BCUT2D eigenvalue weighted by Crippen LogP contribution is -2.36. The molecule has 2 amide bonds. The second-order valence-electron chi connectivity index (χ2n) is 8.39. The SMILES string of the molecule is CS(=O)(=O)N1CCc2cc(C(=O)Nc3ccc(Cl)c(C(=O)NC4CCCCC4)c3)ccc21. The number of rotatable bonds is 5. The highest BCUT2D eigenvalue weighted by Gasteiger charge is 2.27. The minimum absolute atomic E-state index is 0.156. The van der Waals surface area contributed by atoms with Crippen molar-refractivity contribution in [2.75, 3.05) is 22.4 Å². The summed E-state index contributed by atoms with van der Waals surface area (Å²) in [6, 6.07) is 9.95. The molecule has 0 unspecified atom stereocenters. The van der Waals surface area contributed by atoms with Gasteiger partial charge < -0.3 is 10.6 Å². The summed E-state index contributed by atoms with van der Waals surface area (Å²) in [5.41, 5.74) is 2.63. The fourth-order valence-corrected chi connectivity index (χ4v) is 5.51. The van der Waals surface area contributed by atoms with E-state index in [9.17, 15) is 18.0 Å². The molecule has 7 nitrogen and oxygen atoms in total. The second-order valence-corrected chi connectivity index (χ2v) is 10.7. The van der Waals surface area contributed by atoms with E-state index in [0.717, 1.165) is 31.2 Å². The van der Waals surface area contributed by atoms with Crippen LogP contribution in [0.25, 0.3) is 0 Å². The zero-order valence-electron chi connectivity index (χ0n) is 17.9. The van der Waals surface area contributed by atoms with Crippen molar-refractivity contribution < 1.29 is 18.0 Å². The molecule has 1 aliphatic carbocycles. The standard InChI is InChI=1S/C23H26ClN3O4S/c1-32(30,31)27-12-11-15-13-16(7-10-21(15)27)22(28)26-18-8-9-20(24)19(14-18)23(29)25-17-5-3-2-4-6-17/h7-10,13-14,17H,2-6,11-12H2,1H3,(H,25,29)(H,26,28). The summed E-state index contributed by atoms with van der Waals surface area (Å²) in [5, 5.41) is 6.18. The molecule has 2 aliphatic rings. The van der Waals surface area contributed by atoms with Gasteiger partial charge in [-0.25, -0.2) is 8.42 Å². The summed E-state index contributed by atoms with van der Waals surface area (Å²) in [6.07, 6.45) is 7.07. The number of amides is 2. The monoisotopic (exact) mass is 475 g/mol. The van der Waals surface area contributed by atoms with Crippen molar-refractivity contribution in [2.24, 2.45) is 0 Å². The Morgan fingerprint density at radius 1 is 1.03 bits per heavy atom. The van der Waals surface area contributed by atoms with Gasteiger partial charge in [0.2, 0.25) is 10.0 Å². The molecule has 2 aromatic carbocycles. The molecule has 0 saturated heterocycles. The molecule has 0 aromatic heterocycles. The Labute approximate surface area is 193 Å². The average Bonchev–Trinajstić information content (AvgIpc) is 3.19. The van der Waals surface area contributed by atoms with Crippen LogP contribution in [-0.2, 0) is 16.4 Å². The van der Waals surface area contributed by atoms with Crippen LogP contribution in [0.3, 0.4) is 0 Å². The van der Waals surface area contributed by atoms with E-state index in [-0.39, 0.29) is 17.9 Å². The van der Waals surface area contributed by atoms with Crippen molar-refractivity contribution in [1.82, 2.24) is 5.32 Å². The molecule has 1 fully saturated rings. The number of hydrogen-bond donors (Lipinski definition) is 2. The van der Waals surface area contributed by atoms with E-state index in [1.54, 1.807) is 36.4 Å². The van der Waals surface area contributed by atoms with E-state index >= 15 is 0 Å².